The maximum atomic E-state index is 15.6. The number of pyridine rings is 1. The molecular weight excluding hydrogens is 603 g/mol. The zero-order valence-electron chi connectivity index (χ0n) is 24.5. The van der Waals surface area contributed by atoms with Crippen LogP contribution in [0.2, 0.25) is 5.02 Å². The quantitative estimate of drug-likeness (QED) is 0.252. The fourth-order valence-electron chi connectivity index (χ4n) is 6.53. The molecular formula is C32H30ClFN6O5. The number of ether oxygens (including phenoxy) is 3. The molecule has 0 amide bonds. The van der Waals surface area contributed by atoms with Gasteiger partial charge in [-0.2, -0.15) is 0 Å². The number of hydrogen-bond acceptors (Lipinski definition) is 9. The summed E-state index contributed by atoms with van der Waals surface area (Å²) in [6, 6.07) is 12.7. The molecule has 13 heteroatoms. The summed E-state index contributed by atoms with van der Waals surface area (Å²) >= 11 is 6.05. The third-order valence-electron chi connectivity index (χ3n) is 8.96. The normalized spacial score (nSPS) is 21.8. The molecule has 3 aliphatic heterocycles. The number of piperidine rings is 1. The lowest BCUT2D eigenvalue weighted by atomic mass is 9.88. The molecule has 0 aliphatic carbocycles. The van der Waals surface area contributed by atoms with Crippen molar-refractivity contribution in [1.29, 1.82) is 0 Å². The fraction of sp³-hybridized carbons (Fsp3) is 0.375. The third-order valence-corrected chi connectivity index (χ3v) is 9.19. The lowest BCUT2D eigenvalue weighted by Crippen LogP contribution is -2.35. The van der Waals surface area contributed by atoms with Gasteiger partial charge in [0.05, 0.1) is 29.7 Å². The predicted octanol–water partition coefficient (Wildman–Crippen LogP) is 5.38. The Kier molecular flexibility index (Phi) is 6.88. The first-order valence-electron chi connectivity index (χ1n) is 15.0. The summed E-state index contributed by atoms with van der Waals surface area (Å²) in [6.45, 7) is 5.34. The topological polar surface area (TPSA) is 121 Å². The summed E-state index contributed by atoms with van der Waals surface area (Å²) in [5, 5.41) is 4.26. The Morgan fingerprint density at radius 1 is 1.13 bits per heavy atom. The summed E-state index contributed by atoms with van der Waals surface area (Å²) in [5.74, 6) is 0.505. The summed E-state index contributed by atoms with van der Waals surface area (Å²) < 4.78 is 40.6. The first-order chi connectivity index (χ1) is 21.8. The van der Waals surface area contributed by atoms with Gasteiger partial charge in [0.25, 0.3) is 5.79 Å². The van der Waals surface area contributed by atoms with Crippen molar-refractivity contribution in [3.05, 3.63) is 87.1 Å². The highest BCUT2D eigenvalue weighted by Crippen LogP contribution is 2.49. The van der Waals surface area contributed by atoms with Gasteiger partial charge in [-0.05, 0) is 68.6 Å². The molecule has 2 atom stereocenters. The first-order valence-corrected chi connectivity index (χ1v) is 15.4. The van der Waals surface area contributed by atoms with Crippen LogP contribution in [0.4, 0.5) is 4.39 Å². The molecule has 2 fully saturated rings. The fourth-order valence-corrected chi connectivity index (χ4v) is 6.64. The van der Waals surface area contributed by atoms with Crippen LogP contribution in [0.5, 0.6) is 11.5 Å². The van der Waals surface area contributed by atoms with Gasteiger partial charge in [0.15, 0.2) is 17.3 Å². The maximum absolute atomic E-state index is 15.6. The zero-order valence-corrected chi connectivity index (χ0v) is 25.2. The highest BCUT2D eigenvalue weighted by molar-refractivity contribution is 6.30. The molecule has 2 saturated heterocycles. The standard InChI is InChI=1S/C32H30ClFN6O5/c1-32(26-6-5-20(33)15-35-26)43-25-4-2-3-22(29(25)44-32)18-7-10-39(11-8-18)17-27-36-24-14-19(30-37-31(41)45-38-30)13-23(34)28(24)40(27)16-21-9-12-42-21/h2-6,13-15,18,21H,7-12,16-17H2,1H3,(H,37,38,41)/t21-,32-/m0/s1. The van der Waals surface area contributed by atoms with Gasteiger partial charge in [0.2, 0.25) is 0 Å². The number of imidazole rings is 1. The van der Waals surface area contributed by atoms with E-state index in [4.69, 9.17) is 30.8 Å². The number of benzene rings is 2. The molecule has 3 aromatic heterocycles. The minimum atomic E-state index is -1.04. The summed E-state index contributed by atoms with van der Waals surface area (Å²) in [7, 11) is 0. The number of aromatic amines is 1. The summed E-state index contributed by atoms with van der Waals surface area (Å²) in [5.41, 5.74) is 3.08. The van der Waals surface area contributed by atoms with Crippen LogP contribution in [-0.2, 0) is 23.6 Å². The number of nitrogens with one attached hydrogen (secondary N) is 1. The van der Waals surface area contributed by atoms with Gasteiger partial charge in [-0.15, -0.1) is 0 Å². The molecule has 232 valence electrons. The van der Waals surface area contributed by atoms with Crippen molar-refractivity contribution in [3.63, 3.8) is 0 Å². The molecule has 8 rings (SSSR count). The van der Waals surface area contributed by atoms with E-state index < -0.39 is 17.4 Å². The van der Waals surface area contributed by atoms with Crippen LogP contribution in [-0.4, -0.2) is 55.4 Å². The van der Waals surface area contributed by atoms with Gasteiger partial charge < -0.3 is 18.8 Å². The largest absolute Gasteiger partial charge is 0.443 e. The Labute approximate surface area is 261 Å². The van der Waals surface area contributed by atoms with E-state index in [1.54, 1.807) is 18.3 Å². The molecule has 0 radical (unpaired) electrons. The van der Waals surface area contributed by atoms with Crippen LogP contribution >= 0.6 is 11.6 Å². The molecule has 0 spiro atoms. The van der Waals surface area contributed by atoms with Crippen LogP contribution < -0.4 is 15.2 Å². The number of rotatable bonds is 7. The Bertz CT molecular complexity index is 1950. The summed E-state index contributed by atoms with van der Waals surface area (Å²) in [6.07, 6.45) is 4.37. The Hall–Kier alpha value is -4.26. The third kappa shape index (κ3) is 5.16. The minimum absolute atomic E-state index is 0.0222. The van der Waals surface area contributed by atoms with Gasteiger partial charge in [0.1, 0.15) is 22.9 Å². The van der Waals surface area contributed by atoms with Crippen molar-refractivity contribution >= 4 is 22.6 Å². The Morgan fingerprint density at radius 3 is 2.69 bits per heavy atom. The number of H-pyrrole nitrogens is 1. The van der Waals surface area contributed by atoms with Gasteiger partial charge >= 0.3 is 5.76 Å². The van der Waals surface area contributed by atoms with E-state index >= 15 is 4.39 Å². The SMILES string of the molecule is C[C@]1(c2ccc(Cl)cn2)Oc2cccc(C3CCN(Cc4nc5cc(-c6noc(=O)[nH]6)cc(F)c5n4C[C@@H]4CCO4)CC3)c2O1. The highest BCUT2D eigenvalue weighted by Gasteiger charge is 2.42. The van der Waals surface area contributed by atoms with E-state index in [0.717, 1.165) is 49.5 Å². The van der Waals surface area contributed by atoms with Gasteiger partial charge in [0, 0.05) is 30.9 Å². The average Bonchev–Trinajstić information content (AvgIpc) is 3.70. The number of para-hydroxylation sites is 1. The van der Waals surface area contributed by atoms with E-state index in [1.165, 1.54) is 6.07 Å². The molecule has 0 saturated carbocycles. The minimum Gasteiger partial charge on any atom is -0.443 e. The van der Waals surface area contributed by atoms with E-state index in [9.17, 15) is 4.79 Å². The van der Waals surface area contributed by atoms with Gasteiger partial charge in [-0.3, -0.25) is 19.4 Å². The van der Waals surface area contributed by atoms with Crippen LogP contribution in [0.1, 0.15) is 49.2 Å². The van der Waals surface area contributed by atoms with Crippen LogP contribution in [0, 0.1) is 5.82 Å². The maximum Gasteiger partial charge on any atom is 0.439 e. The molecule has 3 aliphatic rings. The molecule has 0 unspecified atom stereocenters. The second kappa shape index (κ2) is 11.0. The van der Waals surface area contributed by atoms with Gasteiger partial charge in [-0.25, -0.2) is 14.2 Å². The van der Waals surface area contributed by atoms with Crippen LogP contribution in [0.3, 0.4) is 0 Å². The smallest absolute Gasteiger partial charge is 0.439 e. The summed E-state index contributed by atoms with van der Waals surface area (Å²) in [4.78, 5) is 25.6. The van der Waals surface area contributed by atoms with Crippen molar-refractivity contribution < 1.29 is 23.1 Å². The number of fused-ring (bicyclic) bond motifs is 2. The van der Waals surface area contributed by atoms with E-state index in [-0.39, 0.29) is 17.8 Å². The van der Waals surface area contributed by atoms with Crippen molar-refractivity contribution in [2.75, 3.05) is 19.7 Å². The lowest BCUT2D eigenvalue weighted by Gasteiger charge is -2.33. The van der Waals surface area contributed by atoms with Crippen molar-refractivity contribution in [3.8, 4) is 22.9 Å². The van der Waals surface area contributed by atoms with E-state index in [2.05, 4.69) is 30.6 Å². The number of aromatic nitrogens is 5. The molecule has 0 bridgehead atoms. The predicted molar refractivity (Wildman–Crippen MR) is 162 cm³/mol. The highest BCUT2D eigenvalue weighted by atomic mass is 35.5. The molecule has 2 aromatic carbocycles. The average molecular weight is 633 g/mol. The number of nitrogens with zero attached hydrogens (tertiary/aromatic N) is 5. The Balaban J connectivity index is 1.01. The second-order valence-corrected chi connectivity index (χ2v) is 12.4. The van der Waals surface area contributed by atoms with Crippen molar-refractivity contribution in [1.82, 2.24) is 29.6 Å². The Morgan fingerprint density at radius 2 is 1.98 bits per heavy atom. The molecule has 45 heavy (non-hydrogen) atoms. The van der Waals surface area contributed by atoms with Gasteiger partial charge in [-0.1, -0.05) is 28.9 Å². The zero-order chi connectivity index (χ0) is 30.7. The molecule has 1 N–H and O–H groups in total. The van der Waals surface area contributed by atoms with Crippen molar-refractivity contribution in [2.24, 2.45) is 0 Å². The van der Waals surface area contributed by atoms with E-state index in [0.29, 0.717) is 52.8 Å². The number of hydrogen-bond donors (Lipinski definition) is 1. The number of halogens is 2. The molecule has 11 nitrogen and oxygen atoms in total. The van der Waals surface area contributed by atoms with Crippen molar-refractivity contribution in [2.45, 2.75) is 57.1 Å². The lowest BCUT2D eigenvalue weighted by molar-refractivity contribution is -0.0722. The second-order valence-electron chi connectivity index (χ2n) is 11.9. The monoisotopic (exact) mass is 632 g/mol. The van der Waals surface area contributed by atoms with E-state index in [1.807, 2.05) is 29.7 Å². The van der Waals surface area contributed by atoms with Crippen LogP contribution in [0.15, 0.2) is 58.0 Å². The first kappa shape index (κ1) is 28.2. The molecule has 5 aromatic rings. The van der Waals surface area contributed by atoms with Crippen LogP contribution in [0.25, 0.3) is 22.4 Å². The number of likely N-dealkylation sites (tertiary alicyclic amines) is 1. The molecule has 6 heterocycles.